The Bertz CT molecular complexity index is 1050. The first-order valence-electron chi connectivity index (χ1n) is 32.0. The van der Waals surface area contributed by atoms with Crippen molar-refractivity contribution in [1.29, 1.82) is 0 Å². The molecule has 428 valence electrons. The topological polar surface area (TPSA) is 133 Å². The van der Waals surface area contributed by atoms with Gasteiger partial charge in [-0.25, -0.2) is 0 Å². The van der Waals surface area contributed by atoms with Crippen molar-refractivity contribution in [3.8, 4) is 0 Å². The van der Waals surface area contributed by atoms with Crippen LogP contribution in [0.2, 0.25) is 0 Å². The predicted octanol–water partition coefficient (Wildman–Crippen LogP) is 18.1. The van der Waals surface area contributed by atoms with E-state index in [0.717, 1.165) is 77.0 Å². The summed E-state index contributed by atoms with van der Waals surface area (Å²) in [6.07, 6.45) is 61.6. The first-order chi connectivity index (χ1) is 35.2. The average Bonchev–Trinajstić information content (AvgIpc) is 3.36. The Morgan fingerprint density at radius 2 is 0.411 bits per heavy atom. The summed E-state index contributed by atoms with van der Waals surface area (Å²) < 4.78 is 10.4. The Hall–Kier alpha value is -0.860. The summed E-state index contributed by atoms with van der Waals surface area (Å²) in [6.45, 7) is 9.01. The number of carbonyl (C=O) groups is 4. The molecule has 0 radical (unpaired) electrons. The molecular formula is C64H122CaO8. The fourth-order valence-electron chi connectivity index (χ4n) is 9.80. The number of rotatable bonds is 58. The minimum atomic E-state index is -1.25. The number of hydrogen-bond acceptors (Lipinski definition) is 8. The van der Waals surface area contributed by atoms with Gasteiger partial charge in [-0.3, -0.25) is 9.59 Å². The van der Waals surface area contributed by atoms with E-state index in [1.807, 2.05) is 0 Å². The average molecular weight is 1060 g/mol. The van der Waals surface area contributed by atoms with Gasteiger partial charge < -0.3 is 29.3 Å². The van der Waals surface area contributed by atoms with Crippen LogP contribution < -0.4 is 10.2 Å². The second kappa shape index (κ2) is 65.4. The Morgan fingerprint density at radius 1 is 0.260 bits per heavy atom. The van der Waals surface area contributed by atoms with E-state index < -0.39 is 24.1 Å². The van der Waals surface area contributed by atoms with Crippen molar-refractivity contribution in [3.05, 3.63) is 0 Å². The van der Waals surface area contributed by atoms with Gasteiger partial charge in [-0.15, -0.1) is 0 Å². The molecule has 0 aliphatic rings. The van der Waals surface area contributed by atoms with Crippen molar-refractivity contribution in [2.24, 2.45) is 0 Å². The normalized spacial score (nSPS) is 11.9. The summed E-state index contributed by atoms with van der Waals surface area (Å²) in [5.41, 5.74) is 0. The molecule has 0 saturated carbocycles. The Balaban J connectivity index is -0.00000132. The van der Waals surface area contributed by atoms with Crippen LogP contribution in [0.5, 0.6) is 0 Å². The van der Waals surface area contributed by atoms with Gasteiger partial charge in [0.1, 0.15) is 12.2 Å². The van der Waals surface area contributed by atoms with Crippen LogP contribution in [-0.2, 0) is 28.7 Å². The number of aliphatic carboxylic acids is 2. The van der Waals surface area contributed by atoms with Crippen molar-refractivity contribution < 1.29 is 38.9 Å². The number of carbonyl (C=O) groups excluding carboxylic acids is 4. The molecule has 0 heterocycles. The van der Waals surface area contributed by atoms with Crippen LogP contribution in [0.25, 0.3) is 0 Å². The van der Waals surface area contributed by atoms with E-state index in [4.69, 9.17) is 9.47 Å². The zero-order valence-electron chi connectivity index (χ0n) is 49.3. The molecular weight excluding hydrogens is 937 g/mol. The molecule has 0 N–H and O–H groups in total. The maximum absolute atomic E-state index is 12.1. The molecule has 0 aromatic rings. The molecule has 0 fully saturated rings. The van der Waals surface area contributed by atoms with Crippen molar-refractivity contribution in [2.75, 3.05) is 0 Å². The third kappa shape index (κ3) is 63.6. The van der Waals surface area contributed by atoms with E-state index in [1.165, 1.54) is 244 Å². The third-order valence-corrected chi connectivity index (χ3v) is 14.7. The number of carboxylic acids is 2. The van der Waals surface area contributed by atoms with Gasteiger partial charge in [0.05, 0.1) is 11.9 Å². The summed E-state index contributed by atoms with van der Waals surface area (Å²) in [5.74, 6) is -3.27. The summed E-state index contributed by atoms with van der Waals surface area (Å²) in [4.78, 5) is 46.8. The largest absolute Gasteiger partial charge is 2.00 e. The number of unbranched alkanes of at least 4 members (excludes halogenated alkanes) is 46. The molecule has 8 nitrogen and oxygen atoms in total. The maximum atomic E-state index is 12.1. The number of esters is 2. The van der Waals surface area contributed by atoms with Crippen molar-refractivity contribution >= 4 is 61.6 Å². The van der Waals surface area contributed by atoms with Crippen LogP contribution in [0.4, 0.5) is 0 Å². The van der Waals surface area contributed by atoms with Crippen LogP contribution in [0.15, 0.2) is 0 Å². The van der Waals surface area contributed by atoms with Gasteiger partial charge >= 0.3 is 49.7 Å². The first-order valence-corrected chi connectivity index (χ1v) is 32.0. The molecule has 0 aliphatic heterocycles. The smallest absolute Gasteiger partial charge is 0.546 e. The molecule has 0 amide bonds. The first kappa shape index (κ1) is 76.4. The van der Waals surface area contributed by atoms with Gasteiger partial charge in [-0.2, -0.15) is 0 Å². The minimum absolute atomic E-state index is 0. The van der Waals surface area contributed by atoms with E-state index in [1.54, 1.807) is 0 Å². The molecule has 0 spiro atoms. The van der Waals surface area contributed by atoms with Crippen LogP contribution in [0.3, 0.4) is 0 Å². The molecule has 0 aromatic heterocycles. The molecule has 0 aromatic carbocycles. The second-order valence-corrected chi connectivity index (χ2v) is 21.9. The van der Waals surface area contributed by atoms with Gasteiger partial charge in [0.25, 0.3) is 0 Å². The monoisotopic (exact) mass is 1060 g/mol. The fraction of sp³-hybridized carbons (Fsp3) is 0.938. The quantitative estimate of drug-likeness (QED) is 0.0334. The fourth-order valence-corrected chi connectivity index (χ4v) is 9.80. The van der Waals surface area contributed by atoms with Gasteiger partial charge in [-0.05, 0) is 38.5 Å². The predicted molar refractivity (Wildman–Crippen MR) is 308 cm³/mol. The van der Waals surface area contributed by atoms with E-state index in [0.29, 0.717) is 25.7 Å². The standard InChI is InChI=1S/2C32H62O4.Ca/c2*1-3-5-7-9-11-13-15-16-17-19-20-22-24-26-28-30(32(34)35)36-31(33)29-27-25-23-21-18-14-12-10-8-6-4-2;/h2*30H,3-29H2,1-2H3,(H,34,35);/q;;+2/p-2. The van der Waals surface area contributed by atoms with Gasteiger partial charge in [0.15, 0.2) is 0 Å². The molecule has 73 heavy (non-hydrogen) atoms. The van der Waals surface area contributed by atoms with Crippen molar-refractivity contribution in [2.45, 2.75) is 387 Å². The van der Waals surface area contributed by atoms with Crippen LogP contribution in [-0.4, -0.2) is 73.8 Å². The summed E-state index contributed by atoms with van der Waals surface area (Å²) in [7, 11) is 0. The van der Waals surface area contributed by atoms with Gasteiger partial charge in [0.2, 0.25) is 0 Å². The van der Waals surface area contributed by atoms with E-state index in [-0.39, 0.29) is 49.7 Å². The van der Waals surface area contributed by atoms with Gasteiger partial charge in [0, 0.05) is 12.8 Å². The summed E-state index contributed by atoms with van der Waals surface area (Å²) in [6, 6.07) is 0. The van der Waals surface area contributed by atoms with Crippen LogP contribution in [0, 0.1) is 0 Å². The number of ether oxygens (including phenoxy) is 2. The molecule has 2 unspecified atom stereocenters. The van der Waals surface area contributed by atoms with Gasteiger partial charge in [-0.1, -0.05) is 323 Å². The van der Waals surface area contributed by atoms with Crippen molar-refractivity contribution in [3.63, 3.8) is 0 Å². The van der Waals surface area contributed by atoms with E-state index in [9.17, 15) is 29.4 Å². The summed E-state index contributed by atoms with van der Waals surface area (Å²) >= 11 is 0. The molecule has 0 saturated heterocycles. The Kier molecular flexibility index (Phi) is 68.4. The SMILES string of the molecule is CCCCCCCCCCCCCCCCC(OC(=O)CCCCCCCCCCCCC)C(=O)[O-].CCCCCCCCCCCCCCCCC(OC(=O)CCCCCCCCCCCCC)C(=O)[O-].[Ca+2]. The molecule has 2 atom stereocenters. The molecule has 0 rings (SSSR count). The van der Waals surface area contributed by atoms with Crippen LogP contribution in [0.1, 0.15) is 374 Å². The molecule has 9 heteroatoms. The zero-order chi connectivity index (χ0) is 53.1. The summed E-state index contributed by atoms with van der Waals surface area (Å²) in [5, 5.41) is 22.7. The number of hydrogen-bond donors (Lipinski definition) is 0. The van der Waals surface area contributed by atoms with E-state index in [2.05, 4.69) is 27.7 Å². The second-order valence-electron chi connectivity index (χ2n) is 21.9. The minimum Gasteiger partial charge on any atom is -0.546 e. The number of carboxylic acid groups (broad SMARTS) is 2. The molecule has 0 bridgehead atoms. The van der Waals surface area contributed by atoms with E-state index >= 15 is 0 Å². The maximum Gasteiger partial charge on any atom is 2.00 e. The van der Waals surface area contributed by atoms with Crippen LogP contribution >= 0.6 is 0 Å². The molecule has 0 aliphatic carbocycles. The Morgan fingerprint density at radius 3 is 0.575 bits per heavy atom. The third-order valence-electron chi connectivity index (χ3n) is 14.7. The zero-order valence-corrected chi connectivity index (χ0v) is 51.5. The Labute approximate surface area is 483 Å². The van der Waals surface area contributed by atoms with Crippen molar-refractivity contribution in [1.82, 2.24) is 0 Å².